The Labute approximate surface area is 167 Å². The smallest absolute Gasteiger partial charge is 0.407 e. The Kier molecular flexibility index (Phi) is 15.4. The molecule has 0 saturated heterocycles. The van der Waals surface area contributed by atoms with Crippen molar-refractivity contribution in [2.75, 3.05) is 53.7 Å². The lowest BCUT2D eigenvalue weighted by Gasteiger charge is -2.18. The Morgan fingerprint density at radius 3 is 1.32 bits per heavy atom. The normalized spacial score (nSPS) is 15.2. The minimum atomic E-state index is -0.483. The van der Waals surface area contributed by atoms with Crippen LogP contribution in [0.4, 0.5) is 9.59 Å². The van der Waals surface area contributed by atoms with Crippen molar-refractivity contribution in [3.05, 3.63) is 0 Å². The van der Waals surface area contributed by atoms with E-state index < -0.39 is 12.2 Å². The number of carbonyl (C=O) groups is 2. The molecule has 2 N–H and O–H groups in total. The average Bonchev–Trinajstić information content (AvgIpc) is 2.67. The van der Waals surface area contributed by atoms with Crippen LogP contribution in [0.1, 0.15) is 27.7 Å². The molecule has 4 atom stereocenters. The Hall–Kier alpha value is -1.62. The van der Waals surface area contributed by atoms with Crippen molar-refractivity contribution in [3.8, 4) is 0 Å². The van der Waals surface area contributed by atoms with Crippen LogP contribution >= 0.6 is 0 Å². The molecular formula is C18H36N2O8. The molecule has 0 aromatic heterocycles. The van der Waals surface area contributed by atoms with E-state index in [-0.39, 0.29) is 24.4 Å². The standard InChI is InChI=1S/C18H36N2O8/c1-13(25-11-15(3)27-17(21)19-5)9-23-7-8-24-10-14(2)26-12-16(4)28-18(22)20-6/h13-16H,7-12H2,1-6H3,(H,19,21)(H,20,22). The fourth-order valence-corrected chi connectivity index (χ4v) is 1.86. The first-order chi connectivity index (χ1) is 13.3. The van der Waals surface area contributed by atoms with Gasteiger partial charge in [0.05, 0.1) is 51.8 Å². The molecule has 0 aliphatic carbocycles. The molecule has 10 nitrogen and oxygen atoms in total. The lowest BCUT2D eigenvalue weighted by atomic mass is 10.4. The predicted molar refractivity (Wildman–Crippen MR) is 102 cm³/mol. The molecule has 166 valence electrons. The predicted octanol–water partition coefficient (Wildman–Crippen LogP) is 1.32. The molecule has 0 heterocycles. The molecule has 0 rings (SSSR count). The first-order valence-electron chi connectivity index (χ1n) is 9.43. The third-order valence-corrected chi connectivity index (χ3v) is 3.33. The van der Waals surface area contributed by atoms with Crippen LogP contribution in [0, 0.1) is 0 Å². The molecule has 2 amide bonds. The maximum atomic E-state index is 11.1. The van der Waals surface area contributed by atoms with E-state index in [2.05, 4.69) is 10.6 Å². The summed E-state index contributed by atoms with van der Waals surface area (Å²) in [5.41, 5.74) is 0. The number of amides is 2. The number of alkyl carbamates (subject to hydrolysis) is 2. The minimum absolute atomic E-state index is 0.125. The van der Waals surface area contributed by atoms with E-state index in [9.17, 15) is 9.59 Å². The minimum Gasteiger partial charge on any atom is -0.444 e. The molecule has 0 spiro atoms. The molecule has 28 heavy (non-hydrogen) atoms. The van der Waals surface area contributed by atoms with Crippen molar-refractivity contribution in [2.24, 2.45) is 0 Å². The van der Waals surface area contributed by atoms with E-state index in [0.717, 1.165) is 0 Å². The van der Waals surface area contributed by atoms with Crippen molar-refractivity contribution in [3.63, 3.8) is 0 Å². The van der Waals surface area contributed by atoms with Gasteiger partial charge in [0, 0.05) is 14.1 Å². The van der Waals surface area contributed by atoms with Gasteiger partial charge in [-0.1, -0.05) is 0 Å². The molecule has 0 saturated carbocycles. The summed E-state index contributed by atoms with van der Waals surface area (Å²) in [4.78, 5) is 22.1. The molecule has 10 heteroatoms. The van der Waals surface area contributed by atoms with Gasteiger partial charge in [0.1, 0.15) is 12.2 Å². The number of ether oxygens (including phenoxy) is 6. The number of hydrogen-bond acceptors (Lipinski definition) is 8. The van der Waals surface area contributed by atoms with Gasteiger partial charge in [-0.25, -0.2) is 9.59 Å². The van der Waals surface area contributed by atoms with Crippen LogP contribution in [-0.2, 0) is 28.4 Å². The highest BCUT2D eigenvalue weighted by atomic mass is 16.6. The van der Waals surface area contributed by atoms with E-state index in [0.29, 0.717) is 39.6 Å². The van der Waals surface area contributed by atoms with Gasteiger partial charge >= 0.3 is 12.2 Å². The van der Waals surface area contributed by atoms with Gasteiger partial charge in [-0.2, -0.15) is 0 Å². The molecule has 4 unspecified atom stereocenters. The number of carbonyl (C=O) groups excluding carboxylic acids is 2. The third kappa shape index (κ3) is 15.4. The highest BCUT2D eigenvalue weighted by molar-refractivity contribution is 5.67. The Morgan fingerprint density at radius 2 is 1.00 bits per heavy atom. The molecule has 0 fully saturated rings. The Morgan fingerprint density at radius 1 is 0.643 bits per heavy atom. The summed E-state index contributed by atoms with van der Waals surface area (Å²) in [6.45, 7) is 9.55. The van der Waals surface area contributed by atoms with Crippen LogP contribution in [0.5, 0.6) is 0 Å². The highest BCUT2D eigenvalue weighted by Gasteiger charge is 2.12. The van der Waals surface area contributed by atoms with Crippen molar-refractivity contribution >= 4 is 12.2 Å². The second-order valence-corrected chi connectivity index (χ2v) is 6.37. The fourth-order valence-electron chi connectivity index (χ4n) is 1.86. The molecule has 0 aliphatic heterocycles. The zero-order valence-electron chi connectivity index (χ0n) is 17.8. The summed E-state index contributed by atoms with van der Waals surface area (Å²) in [6.07, 6.45) is -1.89. The maximum Gasteiger partial charge on any atom is 0.407 e. The SMILES string of the molecule is CNC(=O)OC(C)COC(C)COCCOCC(C)OCC(C)OC(=O)NC. The molecular weight excluding hydrogens is 372 g/mol. The summed E-state index contributed by atoms with van der Waals surface area (Å²) in [6, 6.07) is 0. The van der Waals surface area contributed by atoms with Crippen LogP contribution < -0.4 is 10.6 Å². The molecule has 0 bridgehead atoms. The molecule has 0 aliphatic rings. The third-order valence-electron chi connectivity index (χ3n) is 3.33. The van der Waals surface area contributed by atoms with Crippen LogP contribution in [-0.4, -0.2) is 90.3 Å². The van der Waals surface area contributed by atoms with Crippen molar-refractivity contribution < 1.29 is 38.0 Å². The molecule has 0 radical (unpaired) electrons. The maximum absolute atomic E-state index is 11.1. The second-order valence-electron chi connectivity index (χ2n) is 6.37. The summed E-state index contributed by atoms with van der Waals surface area (Å²) >= 11 is 0. The lowest BCUT2D eigenvalue weighted by Crippen LogP contribution is -2.29. The lowest BCUT2D eigenvalue weighted by molar-refractivity contribution is -0.0633. The topological polar surface area (TPSA) is 114 Å². The van der Waals surface area contributed by atoms with Crippen molar-refractivity contribution in [1.82, 2.24) is 10.6 Å². The van der Waals surface area contributed by atoms with Gasteiger partial charge in [-0.15, -0.1) is 0 Å². The first kappa shape index (κ1) is 26.4. The first-order valence-corrected chi connectivity index (χ1v) is 9.43. The van der Waals surface area contributed by atoms with E-state index in [4.69, 9.17) is 28.4 Å². The monoisotopic (exact) mass is 408 g/mol. The average molecular weight is 408 g/mol. The van der Waals surface area contributed by atoms with E-state index >= 15 is 0 Å². The van der Waals surface area contributed by atoms with Crippen LogP contribution in [0.2, 0.25) is 0 Å². The van der Waals surface area contributed by atoms with E-state index in [1.165, 1.54) is 14.1 Å². The summed E-state index contributed by atoms with van der Waals surface area (Å²) in [5.74, 6) is 0. The van der Waals surface area contributed by atoms with Gasteiger partial charge in [0.2, 0.25) is 0 Å². The van der Waals surface area contributed by atoms with Crippen LogP contribution in [0.25, 0.3) is 0 Å². The second kappa shape index (κ2) is 16.3. The molecule has 0 aromatic rings. The molecule has 0 aromatic carbocycles. The summed E-state index contributed by atoms with van der Waals surface area (Å²) < 4.78 is 32.1. The highest BCUT2D eigenvalue weighted by Crippen LogP contribution is 2.00. The van der Waals surface area contributed by atoms with Crippen molar-refractivity contribution in [2.45, 2.75) is 52.1 Å². The van der Waals surface area contributed by atoms with E-state index in [1.54, 1.807) is 13.8 Å². The van der Waals surface area contributed by atoms with Crippen LogP contribution in [0.15, 0.2) is 0 Å². The Bertz CT molecular complexity index is 386. The summed E-state index contributed by atoms with van der Waals surface area (Å²) in [5, 5.41) is 4.76. The number of rotatable bonds is 15. The van der Waals surface area contributed by atoms with Crippen molar-refractivity contribution in [1.29, 1.82) is 0 Å². The zero-order valence-corrected chi connectivity index (χ0v) is 17.8. The zero-order chi connectivity index (χ0) is 21.4. The van der Waals surface area contributed by atoms with Crippen LogP contribution in [0.3, 0.4) is 0 Å². The van der Waals surface area contributed by atoms with Gasteiger partial charge < -0.3 is 39.1 Å². The van der Waals surface area contributed by atoms with Gasteiger partial charge in [-0.05, 0) is 27.7 Å². The largest absolute Gasteiger partial charge is 0.444 e. The summed E-state index contributed by atoms with van der Waals surface area (Å²) in [7, 11) is 3.01. The van der Waals surface area contributed by atoms with Gasteiger partial charge in [0.15, 0.2) is 0 Å². The number of nitrogens with one attached hydrogen (secondary N) is 2. The van der Waals surface area contributed by atoms with Gasteiger partial charge in [0.25, 0.3) is 0 Å². The van der Waals surface area contributed by atoms with Gasteiger partial charge in [-0.3, -0.25) is 0 Å². The number of hydrogen-bond donors (Lipinski definition) is 2. The fraction of sp³-hybridized carbons (Fsp3) is 0.889. The van der Waals surface area contributed by atoms with E-state index in [1.807, 2.05) is 13.8 Å². The quantitative estimate of drug-likeness (QED) is 0.390. The Balaban J connectivity index is 3.59.